The fourth-order valence-electron chi connectivity index (χ4n) is 3.30. The van der Waals surface area contributed by atoms with E-state index in [0.29, 0.717) is 34.3 Å². The first-order valence-corrected chi connectivity index (χ1v) is 11.1. The van der Waals surface area contributed by atoms with Crippen molar-refractivity contribution in [3.05, 3.63) is 66.2 Å². The maximum absolute atomic E-state index is 13.2. The molecule has 4 aromatic rings. The highest BCUT2D eigenvalue weighted by Gasteiger charge is 2.17. The number of anilines is 1. The summed E-state index contributed by atoms with van der Waals surface area (Å²) in [5.41, 5.74) is 3.58. The molecule has 0 radical (unpaired) electrons. The quantitative estimate of drug-likeness (QED) is 0.443. The van der Waals surface area contributed by atoms with Gasteiger partial charge in [0.25, 0.3) is 0 Å². The number of sulfonamides is 1. The van der Waals surface area contributed by atoms with Crippen molar-refractivity contribution in [3.63, 3.8) is 0 Å². The molecule has 4 rings (SSSR count). The van der Waals surface area contributed by atoms with Crippen LogP contribution in [0.5, 0.6) is 0 Å². The van der Waals surface area contributed by atoms with E-state index in [4.69, 9.17) is 0 Å². The molecule has 0 spiro atoms. The van der Waals surface area contributed by atoms with Crippen LogP contribution in [0.1, 0.15) is 29.3 Å². The van der Waals surface area contributed by atoms with Crippen molar-refractivity contribution in [3.8, 4) is 11.1 Å². The van der Waals surface area contributed by atoms with Crippen LogP contribution < -0.4 is 4.72 Å². The molecule has 8 nitrogen and oxygen atoms in total. The number of nitrogens with zero attached hydrogens (tertiary/aromatic N) is 3. The van der Waals surface area contributed by atoms with Crippen LogP contribution >= 0.6 is 0 Å². The lowest BCUT2D eigenvalue weighted by atomic mass is 10.0. The summed E-state index contributed by atoms with van der Waals surface area (Å²) in [6, 6.07) is 8.40. The van der Waals surface area contributed by atoms with Gasteiger partial charge in [-0.05, 0) is 24.6 Å². The average molecular weight is 423 g/mol. The van der Waals surface area contributed by atoms with Gasteiger partial charge in [0.15, 0.2) is 5.78 Å². The molecule has 0 bridgehead atoms. The Kier molecular flexibility index (Phi) is 5.13. The third-order valence-corrected chi connectivity index (χ3v) is 6.18. The number of nitrogens with one attached hydrogen (secondary N) is 2. The highest BCUT2D eigenvalue weighted by atomic mass is 32.2. The minimum atomic E-state index is -3.44. The average Bonchev–Trinajstić information content (AvgIpc) is 3.33. The standard InChI is InChI=1S/C21H21N5O3S/c1-3-7-30(28,29)25-17-6-4-5-14(8-17)20(27)19-12-23-21-18(19)9-15(10-22-21)16-11-24-26(2)13-16/h4-6,8-13,25H,3,7H2,1-2H3,(H,22,23). The summed E-state index contributed by atoms with van der Waals surface area (Å²) in [6.45, 7) is 1.80. The van der Waals surface area contributed by atoms with E-state index < -0.39 is 10.0 Å². The fourth-order valence-corrected chi connectivity index (χ4v) is 4.42. The van der Waals surface area contributed by atoms with Crippen LogP contribution in [0.4, 0.5) is 5.69 Å². The fraction of sp³-hybridized carbons (Fsp3) is 0.190. The topological polar surface area (TPSA) is 110 Å². The zero-order chi connectivity index (χ0) is 21.3. The predicted molar refractivity (Wildman–Crippen MR) is 116 cm³/mol. The molecule has 154 valence electrons. The van der Waals surface area contributed by atoms with Gasteiger partial charge >= 0.3 is 0 Å². The van der Waals surface area contributed by atoms with Gasteiger partial charge in [-0.15, -0.1) is 0 Å². The number of hydrogen-bond donors (Lipinski definition) is 2. The summed E-state index contributed by atoms with van der Waals surface area (Å²) < 4.78 is 28.3. The lowest BCUT2D eigenvalue weighted by Crippen LogP contribution is -2.16. The first kappa shape index (κ1) is 19.8. The van der Waals surface area contributed by atoms with Crippen LogP contribution in [-0.2, 0) is 17.1 Å². The minimum Gasteiger partial charge on any atom is -0.345 e. The monoisotopic (exact) mass is 423 g/mol. The molecule has 0 unspecified atom stereocenters. The molecule has 1 aromatic carbocycles. The van der Waals surface area contributed by atoms with E-state index in [1.54, 1.807) is 54.5 Å². The Morgan fingerprint density at radius 3 is 2.77 bits per heavy atom. The number of benzene rings is 1. The van der Waals surface area contributed by atoms with Crippen LogP contribution in [0.3, 0.4) is 0 Å². The second-order valence-corrected chi connectivity index (χ2v) is 8.90. The first-order chi connectivity index (χ1) is 14.4. The van der Waals surface area contributed by atoms with Crippen molar-refractivity contribution in [2.75, 3.05) is 10.5 Å². The zero-order valence-corrected chi connectivity index (χ0v) is 17.4. The number of rotatable bonds is 7. The highest BCUT2D eigenvalue weighted by Crippen LogP contribution is 2.26. The van der Waals surface area contributed by atoms with Crippen molar-refractivity contribution < 1.29 is 13.2 Å². The number of fused-ring (bicyclic) bond motifs is 1. The summed E-state index contributed by atoms with van der Waals surface area (Å²) in [4.78, 5) is 20.6. The van der Waals surface area contributed by atoms with E-state index in [0.717, 1.165) is 11.1 Å². The van der Waals surface area contributed by atoms with Crippen LogP contribution in [-0.4, -0.2) is 39.7 Å². The van der Waals surface area contributed by atoms with Crippen molar-refractivity contribution in [2.24, 2.45) is 7.05 Å². The summed E-state index contributed by atoms with van der Waals surface area (Å²) in [6.07, 6.45) is 7.48. The minimum absolute atomic E-state index is 0.0242. The number of carbonyl (C=O) groups is 1. The van der Waals surface area contributed by atoms with Crippen LogP contribution in [0.2, 0.25) is 0 Å². The molecule has 0 aliphatic rings. The normalized spacial score (nSPS) is 11.7. The van der Waals surface area contributed by atoms with E-state index >= 15 is 0 Å². The Hall–Kier alpha value is -3.46. The molecule has 3 heterocycles. The van der Waals surface area contributed by atoms with Crippen molar-refractivity contribution in [1.29, 1.82) is 0 Å². The number of pyridine rings is 1. The van der Waals surface area contributed by atoms with Crippen LogP contribution in [0, 0.1) is 0 Å². The third kappa shape index (κ3) is 3.97. The summed E-state index contributed by atoms with van der Waals surface area (Å²) >= 11 is 0. The zero-order valence-electron chi connectivity index (χ0n) is 16.6. The predicted octanol–water partition coefficient (Wildman–Crippen LogP) is 3.35. The van der Waals surface area contributed by atoms with E-state index in [-0.39, 0.29) is 11.5 Å². The van der Waals surface area contributed by atoms with Gasteiger partial charge in [-0.3, -0.25) is 14.2 Å². The molecule has 9 heteroatoms. The number of carbonyl (C=O) groups excluding carboxylic acids is 1. The molecular weight excluding hydrogens is 402 g/mol. The smallest absolute Gasteiger partial charge is 0.232 e. The Morgan fingerprint density at radius 2 is 2.03 bits per heavy atom. The third-order valence-electron chi connectivity index (χ3n) is 4.68. The van der Waals surface area contributed by atoms with Crippen LogP contribution in [0.15, 0.2) is 55.1 Å². The second-order valence-electron chi connectivity index (χ2n) is 7.06. The van der Waals surface area contributed by atoms with Crippen LogP contribution in [0.25, 0.3) is 22.2 Å². The number of hydrogen-bond acceptors (Lipinski definition) is 5. The SMILES string of the molecule is CCCS(=O)(=O)Nc1cccc(C(=O)c2c[nH]c3ncc(-c4cnn(C)c4)cc23)c1. The molecule has 0 saturated carbocycles. The van der Waals surface area contributed by atoms with E-state index in [9.17, 15) is 13.2 Å². The molecule has 0 aliphatic carbocycles. The molecule has 0 aliphatic heterocycles. The van der Waals surface area contributed by atoms with Gasteiger partial charge in [-0.2, -0.15) is 5.10 Å². The Morgan fingerprint density at radius 1 is 1.20 bits per heavy atom. The lowest BCUT2D eigenvalue weighted by Gasteiger charge is -2.08. The van der Waals surface area contributed by atoms with E-state index in [1.165, 1.54) is 0 Å². The van der Waals surface area contributed by atoms with Gasteiger partial charge in [-0.1, -0.05) is 19.1 Å². The summed E-state index contributed by atoms with van der Waals surface area (Å²) in [5, 5.41) is 4.87. The maximum Gasteiger partial charge on any atom is 0.232 e. The van der Waals surface area contributed by atoms with Gasteiger partial charge in [0.1, 0.15) is 5.65 Å². The number of ketones is 1. The maximum atomic E-state index is 13.2. The Labute approximate surface area is 174 Å². The largest absolute Gasteiger partial charge is 0.345 e. The Balaban J connectivity index is 1.69. The second kappa shape index (κ2) is 7.75. The van der Waals surface area contributed by atoms with Gasteiger partial charge < -0.3 is 4.98 Å². The Bertz CT molecular complexity index is 1340. The van der Waals surface area contributed by atoms with Crippen molar-refractivity contribution >= 4 is 32.5 Å². The lowest BCUT2D eigenvalue weighted by molar-refractivity contribution is 0.104. The molecule has 0 saturated heterocycles. The number of aromatic amines is 1. The highest BCUT2D eigenvalue weighted by molar-refractivity contribution is 7.92. The first-order valence-electron chi connectivity index (χ1n) is 9.47. The number of aromatic nitrogens is 4. The number of aryl methyl sites for hydroxylation is 1. The van der Waals surface area contributed by atoms with Crippen molar-refractivity contribution in [1.82, 2.24) is 19.7 Å². The molecule has 30 heavy (non-hydrogen) atoms. The molecule has 0 atom stereocenters. The summed E-state index contributed by atoms with van der Waals surface area (Å²) in [5.74, 6) is -0.195. The molecule has 2 N–H and O–H groups in total. The van der Waals surface area contributed by atoms with E-state index in [2.05, 4.69) is 19.8 Å². The number of H-pyrrole nitrogens is 1. The molecular formula is C21H21N5O3S. The molecule has 0 amide bonds. The van der Waals surface area contributed by atoms with Gasteiger partial charge in [0.05, 0.1) is 11.9 Å². The van der Waals surface area contributed by atoms with E-state index in [1.807, 2.05) is 19.3 Å². The van der Waals surface area contributed by atoms with Gasteiger partial charge in [-0.25, -0.2) is 13.4 Å². The molecule has 3 aromatic heterocycles. The van der Waals surface area contributed by atoms with Crippen molar-refractivity contribution in [2.45, 2.75) is 13.3 Å². The van der Waals surface area contributed by atoms with Gasteiger partial charge in [0, 0.05) is 59.0 Å². The molecule has 0 fully saturated rings. The van der Waals surface area contributed by atoms with Gasteiger partial charge in [0.2, 0.25) is 10.0 Å². The summed E-state index contributed by atoms with van der Waals surface area (Å²) in [7, 11) is -1.60.